The van der Waals surface area contributed by atoms with E-state index < -0.39 is 0 Å². The number of carbonyl (C=O) groups is 2. The van der Waals surface area contributed by atoms with Gasteiger partial charge in [0.1, 0.15) is 23.4 Å². The standard InChI is InChI=1S/C36H48N8O3/c1-9-36(5,6)33-42-41-31-17-14-24(22-44(31)33)47-29-16-15-27(25-12-10-11-13-26(25)29)40-34(46)38-23-20-28(32(45)37-18-19-43(7)8)39-30(21-23)35(2,3)4/h10-14,17,20-22,27,29H,9,15-16,18-19H2,1-8H3,(H,37,45)(H2,38,39,40,46)/t27-,29+/m0/s1. The van der Waals surface area contributed by atoms with Gasteiger partial charge in [-0.15, -0.1) is 10.2 Å². The van der Waals surface area contributed by atoms with Gasteiger partial charge in [-0.05, 0) is 68.8 Å². The van der Waals surface area contributed by atoms with E-state index >= 15 is 0 Å². The highest BCUT2D eigenvalue weighted by atomic mass is 16.5. The molecule has 3 aromatic heterocycles. The molecule has 1 aliphatic rings. The van der Waals surface area contributed by atoms with Crippen molar-refractivity contribution in [1.82, 2.24) is 35.1 Å². The number of pyridine rings is 2. The van der Waals surface area contributed by atoms with Crippen LogP contribution in [0.3, 0.4) is 0 Å². The highest BCUT2D eigenvalue weighted by molar-refractivity contribution is 5.95. The van der Waals surface area contributed by atoms with Crippen LogP contribution in [0.1, 0.15) is 106 Å². The van der Waals surface area contributed by atoms with E-state index in [0.717, 1.165) is 41.2 Å². The number of likely N-dealkylation sites (N-methyl/N-ethyl adjacent to an activating group) is 1. The van der Waals surface area contributed by atoms with Crippen molar-refractivity contribution in [2.45, 2.75) is 83.8 Å². The Morgan fingerprint density at radius 2 is 1.74 bits per heavy atom. The minimum absolute atomic E-state index is 0.126. The number of fused-ring (bicyclic) bond motifs is 2. The van der Waals surface area contributed by atoms with Crippen LogP contribution in [0.25, 0.3) is 5.65 Å². The minimum atomic E-state index is -0.349. The maximum absolute atomic E-state index is 13.4. The zero-order valence-corrected chi connectivity index (χ0v) is 28.8. The van der Waals surface area contributed by atoms with Crippen molar-refractivity contribution in [1.29, 1.82) is 0 Å². The molecule has 11 heteroatoms. The lowest BCUT2D eigenvalue weighted by atomic mass is 9.85. The number of nitrogens with zero attached hydrogens (tertiary/aromatic N) is 5. The molecular formula is C36H48N8O3. The van der Waals surface area contributed by atoms with Crippen LogP contribution in [-0.4, -0.2) is 63.6 Å². The molecule has 3 amide bonds. The van der Waals surface area contributed by atoms with Gasteiger partial charge in [-0.25, -0.2) is 9.78 Å². The summed E-state index contributed by atoms with van der Waals surface area (Å²) in [4.78, 5) is 32.9. The Labute approximate surface area is 277 Å². The topological polar surface area (TPSA) is 126 Å². The van der Waals surface area contributed by atoms with Gasteiger partial charge in [0.15, 0.2) is 5.65 Å². The second kappa shape index (κ2) is 13.7. The molecule has 1 aromatic carbocycles. The van der Waals surface area contributed by atoms with Crippen LogP contribution >= 0.6 is 0 Å². The van der Waals surface area contributed by atoms with E-state index in [4.69, 9.17) is 4.74 Å². The Morgan fingerprint density at radius 1 is 1.00 bits per heavy atom. The Kier molecular flexibility index (Phi) is 9.86. The molecule has 3 N–H and O–H groups in total. The zero-order valence-electron chi connectivity index (χ0n) is 28.8. The van der Waals surface area contributed by atoms with Crippen LogP contribution in [0.5, 0.6) is 5.75 Å². The predicted molar refractivity (Wildman–Crippen MR) is 184 cm³/mol. The zero-order chi connectivity index (χ0) is 33.9. The average Bonchev–Trinajstić information content (AvgIpc) is 3.46. The summed E-state index contributed by atoms with van der Waals surface area (Å²) in [5.41, 5.74) is 3.89. The van der Waals surface area contributed by atoms with Gasteiger partial charge in [-0.1, -0.05) is 65.8 Å². The molecule has 2 atom stereocenters. The first kappa shape index (κ1) is 33.8. The van der Waals surface area contributed by atoms with Crippen molar-refractivity contribution >= 4 is 23.3 Å². The van der Waals surface area contributed by atoms with Crippen LogP contribution in [0.15, 0.2) is 54.7 Å². The molecule has 3 heterocycles. The Hall–Kier alpha value is -4.51. The van der Waals surface area contributed by atoms with Gasteiger partial charge in [-0.3, -0.25) is 9.20 Å². The summed E-state index contributed by atoms with van der Waals surface area (Å²) in [6.07, 6.45) is 4.15. The number of carbonyl (C=O) groups excluding carboxylic acids is 2. The molecule has 0 radical (unpaired) electrons. The van der Waals surface area contributed by atoms with Crippen LogP contribution in [-0.2, 0) is 10.8 Å². The lowest BCUT2D eigenvalue weighted by molar-refractivity contribution is 0.0945. The highest BCUT2D eigenvalue weighted by Crippen LogP contribution is 2.39. The third-order valence-corrected chi connectivity index (χ3v) is 8.81. The molecular weight excluding hydrogens is 592 g/mol. The largest absolute Gasteiger partial charge is 0.484 e. The Bertz CT molecular complexity index is 1740. The SMILES string of the molecule is CCC(C)(C)c1nnc2ccc(O[C@@H]3CC[C@H](NC(=O)Nc4cc(C(=O)NCCN(C)C)nc(C(C)(C)C)c4)c4ccccc43)cn12. The molecule has 0 unspecified atom stereocenters. The Balaban J connectivity index is 1.31. The molecule has 0 bridgehead atoms. The van der Waals surface area contributed by atoms with E-state index in [9.17, 15) is 9.59 Å². The molecule has 4 aromatic rings. The normalized spacial score (nSPS) is 16.5. The highest BCUT2D eigenvalue weighted by Gasteiger charge is 2.30. The van der Waals surface area contributed by atoms with E-state index in [1.165, 1.54) is 0 Å². The number of nitrogens with one attached hydrogen (secondary N) is 3. The lowest BCUT2D eigenvalue weighted by Gasteiger charge is -2.32. The van der Waals surface area contributed by atoms with Crippen molar-refractivity contribution in [3.8, 4) is 5.75 Å². The van der Waals surface area contributed by atoms with E-state index in [1.54, 1.807) is 6.07 Å². The fourth-order valence-corrected chi connectivity index (χ4v) is 5.66. The monoisotopic (exact) mass is 640 g/mol. The second-order valence-electron chi connectivity index (χ2n) is 14.3. The molecule has 250 valence electrons. The number of amides is 3. The van der Waals surface area contributed by atoms with Crippen LogP contribution in [0, 0.1) is 0 Å². The van der Waals surface area contributed by atoms with Gasteiger partial charge in [0.25, 0.3) is 5.91 Å². The first-order valence-corrected chi connectivity index (χ1v) is 16.4. The van der Waals surface area contributed by atoms with Crippen molar-refractivity contribution < 1.29 is 14.3 Å². The predicted octanol–water partition coefficient (Wildman–Crippen LogP) is 6.18. The second-order valence-corrected chi connectivity index (χ2v) is 14.3. The van der Waals surface area contributed by atoms with Gasteiger partial charge < -0.3 is 25.6 Å². The molecule has 47 heavy (non-hydrogen) atoms. The van der Waals surface area contributed by atoms with Crippen molar-refractivity contribution in [2.24, 2.45) is 0 Å². The number of urea groups is 1. The van der Waals surface area contributed by atoms with E-state index in [0.29, 0.717) is 30.9 Å². The molecule has 0 fully saturated rings. The molecule has 11 nitrogen and oxygen atoms in total. The minimum Gasteiger partial charge on any atom is -0.484 e. The maximum Gasteiger partial charge on any atom is 0.319 e. The van der Waals surface area contributed by atoms with Gasteiger partial charge in [0.2, 0.25) is 0 Å². The number of ether oxygens (including phenoxy) is 1. The lowest BCUT2D eigenvalue weighted by Crippen LogP contribution is -2.36. The molecule has 0 spiro atoms. The van der Waals surface area contributed by atoms with Crippen LogP contribution in [0.2, 0.25) is 0 Å². The number of hydrogen-bond acceptors (Lipinski definition) is 7. The number of rotatable bonds is 10. The fourth-order valence-electron chi connectivity index (χ4n) is 5.66. The maximum atomic E-state index is 13.4. The summed E-state index contributed by atoms with van der Waals surface area (Å²) < 4.78 is 8.60. The van der Waals surface area contributed by atoms with E-state index in [1.807, 2.05) is 86.8 Å². The molecule has 0 saturated heterocycles. The summed E-state index contributed by atoms with van der Waals surface area (Å²) in [5.74, 6) is 1.37. The van der Waals surface area contributed by atoms with Gasteiger partial charge in [0, 0.05) is 35.3 Å². The summed E-state index contributed by atoms with van der Waals surface area (Å²) >= 11 is 0. The molecule has 0 saturated carbocycles. The quantitative estimate of drug-likeness (QED) is 0.189. The summed E-state index contributed by atoms with van der Waals surface area (Å²) in [6, 6.07) is 14.9. The molecule has 5 rings (SSSR count). The number of anilines is 1. The van der Waals surface area contributed by atoms with Crippen molar-refractivity contribution in [3.63, 3.8) is 0 Å². The van der Waals surface area contributed by atoms with E-state index in [-0.39, 0.29) is 40.6 Å². The summed E-state index contributed by atoms with van der Waals surface area (Å²) in [6.45, 7) is 13.8. The van der Waals surface area contributed by atoms with E-state index in [2.05, 4.69) is 58.0 Å². The van der Waals surface area contributed by atoms with Gasteiger partial charge >= 0.3 is 6.03 Å². The number of benzene rings is 1. The molecule has 1 aliphatic carbocycles. The first-order valence-electron chi connectivity index (χ1n) is 16.4. The van der Waals surface area contributed by atoms with Crippen molar-refractivity contribution in [2.75, 3.05) is 32.5 Å². The van der Waals surface area contributed by atoms with Crippen molar-refractivity contribution in [3.05, 3.63) is 83.1 Å². The summed E-state index contributed by atoms with van der Waals surface area (Å²) in [5, 5.41) is 17.9. The summed E-state index contributed by atoms with van der Waals surface area (Å²) in [7, 11) is 3.90. The molecule has 0 aliphatic heterocycles. The van der Waals surface area contributed by atoms with Crippen LogP contribution in [0.4, 0.5) is 10.5 Å². The third-order valence-electron chi connectivity index (χ3n) is 8.81. The van der Waals surface area contributed by atoms with Gasteiger partial charge in [0.05, 0.1) is 12.2 Å². The average molecular weight is 641 g/mol. The fraction of sp³-hybridized carbons (Fsp3) is 0.472. The smallest absolute Gasteiger partial charge is 0.319 e. The number of aromatic nitrogens is 4. The van der Waals surface area contributed by atoms with Crippen LogP contribution < -0.4 is 20.7 Å². The third kappa shape index (κ3) is 7.90. The van der Waals surface area contributed by atoms with Gasteiger partial charge in [-0.2, -0.15) is 0 Å². The Morgan fingerprint density at radius 3 is 2.45 bits per heavy atom. The first-order chi connectivity index (χ1) is 22.2. The number of hydrogen-bond donors (Lipinski definition) is 3.